The van der Waals surface area contributed by atoms with E-state index in [4.69, 9.17) is 0 Å². The van der Waals surface area contributed by atoms with E-state index in [-0.39, 0.29) is 10.8 Å². The van der Waals surface area contributed by atoms with Crippen molar-refractivity contribution in [3.63, 3.8) is 0 Å². The lowest BCUT2D eigenvalue weighted by Crippen LogP contribution is -2.11. The molecular formula is C34H34S3. The summed E-state index contributed by atoms with van der Waals surface area (Å²) in [5.74, 6) is 0. The van der Waals surface area contributed by atoms with Crippen LogP contribution in [0.3, 0.4) is 0 Å². The Kier molecular flexibility index (Phi) is 7.15. The Balaban J connectivity index is 1.73. The highest BCUT2D eigenvalue weighted by Gasteiger charge is 2.17. The van der Waals surface area contributed by atoms with Gasteiger partial charge in [-0.1, -0.05) is 102 Å². The first-order valence-electron chi connectivity index (χ1n) is 12.8. The highest BCUT2D eigenvalue weighted by Crippen LogP contribution is 2.30. The van der Waals surface area contributed by atoms with Gasteiger partial charge in [-0.2, -0.15) is 0 Å². The fraction of sp³-hybridized carbons (Fsp3) is 0.235. The van der Waals surface area contributed by atoms with Gasteiger partial charge in [0, 0.05) is 30.0 Å². The highest BCUT2D eigenvalue weighted by atomic mass is 32.1. The summed E-state index contributed by atoms with van der Waals surface area (Å²) < 4.78 is 2.61. The fourth-order valence-electron chi connectivity index (χ4n) is 4.53. The molecule has 0 saturated carbocycles. The Hall–Kier alpha value is -2.72. The molecule has 3 heteroatoms. The normalized spacial score (nSPS) is 14.0. The number of hydrogen-bond donors (Lipinski definition) is 0. The second-order valence-corrected chi connectivity index (χ2v) is 14.5. The van der Waals surface area contributed by atoms with E-state index in [1.54, 1.807) is 0 Å². The second kappa shape index (κ2) is 10.2. The van der Waals surface area contributed by atoms with Crippen LogP contribution in [-0.2, 0) is 10.8 Å². The first-order valence-corrected chi connectivity index (χ1v) is 15.3. The molecule has 3 aromatic heterocycles. The standard InChI is InChI=1S/C34H34S3/c1-33(2,3)25-15-11-23(12-16-25)31(27-9-7-21-35-27)29-19-20-30(37-29)32(28-10-8-22-36-28)24-13-17-26(18-14-24)34(4,5)6/h7-22H,1-6H3. The van der Waals surface area contributed by atoms with Crippen LogP contribution in [0.2, 0.25) is 0 Å². The van der Waals surface area contributed by atoms with E-state index in [1.807, 2.05) is 34.0 Å². The Bertz CT molecular complexity index is 1460. The lowest BCUT2D eigenvalue weighted by molar-refractivity contribution is 0.590. The highest BCUT2D eigenvalue weighted by molar-refractivity contribution is 7.12. The van der Waals surface area contributed by atoms with Crippen LogP contribution in [0.1, 0.15) is 73.6 Å². The quantitative estimate of drug-likeness (QED) is 0.214. The van der Waals surface area contributed by atoms with Crippen LogP contribution >= 0.6 is 34.0 Å². The van der Waals surface area contributed by atoms with Crippen molar-refractivity contribution in [3.05, 3.63) is 137 Å². The van der Waals surface area contributed by atoms with E-state index in [1.165, 1.54) is 52.2 Å². The van der Waals surface area contributed by atoms with Crippen molar-refractivity contribution in [1.82, 2.24) is 0 Å². The average Bonchev–Trinajstić information content (AvgIpc) is 3.64. The van der Waals surface area contributed by atoms with E-state index in [9.17, 15) is 0 Å². The van der Waals surface area contributed by atoms with Gasteiger partial charge in [-0.3, -0.25) is 0 Å². The molecule has 0 fully saturated rings. The van der Waals surface area contributed by atoms with E-state index in [0.717, 1.165) is 0 Å². The molecule has 37 heavy (non-hydrogen) atoms. The van der Waals surface area contributed by atoms with Crippen LogP contribution in [0.4, 0.5) is 0 Å². The zero-order chi connectivity index (χ0) is 26.2. The number of benzene rings is 2. The summed E-state index contributed by atoms with van der Waals surface area (Å²) in [6.07, 6.45) is 0. The van der Waals surface area contributed by atoms with Gasteiger partial charge in [0.2, 0.25) is 0 Å². The van der Waals surface area contributed by atoms with Crippen molar-refractivity contribution in [3.8, 4) is 0 Å². The molecule has 0 aliphatic carbocycles. The van der Waals surface area contributed by atoms with Crippen molar-refractivity contribution in [2.24, 2.45) is 0 Å². The van der Waals surface area contributed by atoms with Gasteiger partial charge in [0.1, 0.15) is 0 Å². The van der Waals surface area contributed by atoms with Gasteiger partial charge < -0.3 is 0 Å². The molecule has 0 spiro atoms. The Morgan fingerprint density at radius 1 is 0.486 bits per heavy atom. The van der Waals surface area contributed by atoms with Crippen LogP contribution in [0.25, 0.3) is 11.1 Å². The molecule has 3 heterocycles. The topological polar surface area (TPSA) is 0 Å². The Labute approximate surface area is 233 Å². The van der Waals surface area contributed by atoms with Crippen molar-refractivity contribution in [2.45, 2.75) is 52.4 Å². The van der Waals surface area contributed by atoms with Crippen molar-refractivity contribution >= 4 is 45.2 Å². The van der Waals surface area contributed by atoms with Crippen LogP contribution in [0.15, 0.2) is 95.7 Å². The molecule has 2 aromatic carbocycles. The SMILES string of the molecule is CC(C)(C)c1ccc(C(c2cccs2)=c2ccc(=C(c3ccc(C(C)(C)C)cc3)c3cccs3)s2)cc1. The zero-order valence-corrected chi connectivity index (χ0v) is 24.9. The summed E-state index contributed by atoms with van der Waals surface area (Å²) in [5, 5.41) is 4.35. The molecule has 0 aliphatic rings. The maximum atomic E-state index is 2.31. The van der Waals surface area contributed by atoms with E-state index in [0.29, 0.717) is 0 Å². The summed E-state index contributed by atoms with van der Waals surface area (Å²) >= 11 is 5.52. The van der Waals surface area contributed by atoms with Gasteiger partial charge in [-0.05, 0) is 68.1 Å². The summed E-state index contributed by atoms with van der Waals surface area (Å²) in [7, 11) is 0. The maximum absolute atomic E-state index is 2.31. The minimum absolute atomic E-state index is 0.144. The molecule has 5 aromatic rings. The molecule has 0 amide bonds. The molecule has 0 N–H and O–H groups in total. The lowest BCUT2D eigenvalue weighted by Gasteiger charge is -2.19. The molecular weight excluding hydrogens is 505 g/mol. The third-order valence-electron chi connectivity index (χ3n) is 6.71. The molecule has 188 valence electrons. The van der Waals surface area contributed by atoms with Gasteiger partial charge >= 0.3 is 0 Å². The molecule has 5 rings (SSSR count). The van der Waals surface area contributed by atoms with Gasteiger partial charge in [0.15, 0.2) is 0 Å². The first-order chi connectivity index (χ1) is 17.6. The molecule has 0 nitrogen and oxygen atoms in total. The molecule has 0 atom stereocenters. The van der Waals surface area contributed by atoms with Gasteiger partial charge in [0.05, 0.1) is 0 Å². The minimum Gasteiger partial charge on any atom is -0.144 e. The van der Waals surface area contributed by atoms with Crippen LogP contribution in [0.5, 0.6) is 0 Å². The predicted octanol–water partition coefficient (Wildman–Crippen LogP) is 8.96. The molecule has 0 saturated heterocycles. The van der Waals surface area contributed by atoms with Crippen LogP contribution < -0.4 is 9.06 Å². The minimum atomic E-state index is 0.144. The van der Waals surface area contributed by atoms with Crippen molar-refractivity contribution in [2.75, 3.05) is 0 Å². The van der Waals surface area contributed by atoms with Crippen LogP contribution in [0, 0.1) is 0 Å². The Morgan fingerprint density at radius 2 is 0.865 bits per heavy atom. The van der Waals surface area contributed by atoms with E-state index >= 15 is 0 Å². The molecule has 0 bridgehead atoms. The average molecular weight is 539 g/mol. The van der Waals surface area contributed by atoms with E-state index in [2.05, 4.69) is 137 Å². The number of rotatable bonds is 4. The molecule has 0 unspecified atom stereocenters. The summed E-state index contributed by atoms with van der Waals surface area (Å²) in [4.78, 5) is 2.62. The largest absolute Gasteiger partial charge is 0.144 e. The van der Waals surface area contributed by atoms with Crippen molar-refractivity contribution < 1.29 is 0 Å². The monoisotopic (exact) mass is 538 g/mol. The summed E-state index contributed by atoms with van der Waals surface area (Å²) in [6, 6.07) is 31.7. The van der Waals surface area contributed by atoms with Gasteiger partial charge in [-0.15, -0.1) is 34.0 Å². The smallest absolute Gasteiger partial charge is 0.0369 e. The van der Waals surface area contributed by atoms with E-state index < -0.39 is 0 Å². The Morgan fingerprint density at radius 3 is 1.16 bits per heavy atom. The maximum Gasteiger partial charge on any atom is 0.0369 e. The summed E-state index contributed by atoms with van der Waals surface area (Å²) in [5.41, 5.74) is 8.20. The second-order valence-electron chi connectivity index (χ2n) is 11.5. The summed E-state index contributed by atoms with van der Waals surface area (Å²) in [6.45, 7) is 13.6. The zero-order valence-electron chi connectivity index (χ0n) is 22.5. The third kappa shape index (κ3) is 5.60. The van der Waals surface area contributed by atoms with Gasteiger partial charge in [-0.25, -0.2) is 0 Å². The third-order valence-corrected chi connectivity index (χ3v) is 9.61. The molecule has 0 aliphatic heterocycles. The lowest BCUT2D eigenvalue weighted by atomic mass is 9.86. The van der Waals surface area contributed by atoms with Crippen molar-refractivity contribution in [1.29, 1.82) is 0 Å². The predicted molar refractivity (Wildman–Crippen MR) is 166 cm³/mol. The van der Waals surface area contributed by atoms with Crippen LogP contribution in [-0.4, -0.2) is 0 Å². The molecule has 0 radical (unpaired) electrons. The number of hydrogen-bond acceptors (Lipinski definition) is 3. The first kappa shape index (κ1) is 25.9. The fourth-order valence-corrected chi connectivity index (χ4v) is 7.45. The number of thiophene rings is 3. The van der Waals surface area contributed by atoms with Gasteiger partial charge in [0.25, 0.3) is 0 Å².